The van der Waals surface area contributed by atoms with Gasteiger partial charge in [0.1, 0.15) is 18.9 Å². The van der Waals surface area contributed by atoms with E-state index >= 15 is 0 Å². The van der Waals surface area contributed by atoms with Crippen LogP contribution in [-0.2, 0) is 6.42 Å². The molecule has 7 N–H and O–H groups in total. The molecule has 0 aliphatic heterocycles. The Morgan fingerprint density at radius 2 is 1.81 bits per heavy atom. The van der Waals surface area contributed by atoms with Gasteiger partial charge in [0.25, 0.3) is 5.91 Å². The van der Waals surface area contributed by atoms with Gasteiger partial charge in [-0.05, 0) is 37.0 Å². The van der Waals surface area contributed by atoms with Crippen LogP contribution in [0.2, 0.25) is 5.15 Å². The summed E-state index contributed by atoms with van der Waals surface area (Å²) in [5.41, 5.74) is 18.0. The number of nitrogen functional groups attached to an aromatic ring is 2. The van der Waals surface area contributed by atoms with E-state index in [0.29, 0.717) is 13.2 Å². The first-order valence-corrected chi connectivity index (χ1v) is 10.6. The number of nitrogens with two attached hydrogens (primary N) is 3. The molecular formula is C21H32ClN8O2+. The minimum absolute atomic E-state index is 0.0282. The first-order valence-electron chi connectivity index (χ1n) is 10.3. The molecule has 1 aromatic heterocycles. The third-order valence-corrected chi connectivity index (χ3v) is 4.75. The topological polar surface area (TPSA) is 155 Å². The average molecular weight is 464 g/mol. The van der Waals surface area contributed by atoms with Crippen molar-refractivity contribution in [2.45, 2.75) is 19.3 Å². The smallest absolute Gasteiger partial charge is 0.280 e. The van der Waals surface area contributed by atoms with Crippen LogP contribution in [0, 0.1) is 0 Å². The standard InChI is InChI=1S/C21H31ClN8O2/c1-30(2,3)12-13-32-15-9-7-14(8-10-15)6-4-5-11-26-21(25)29-20(31)16-18(23)28-19(24)17(22)27-16/h7-10H,4-6,11-13H2,1-3H3,(H6-,23,24,25,26,28,29,31)/p+1. The van der Waals surface area contributed by atoms with Crippen LogP contribution in [0.5, 0.6) is 5.75 Å². The predicted molar refractivity (Wildman–Crippen MR) is 128 cm³/mol. The number of ether oxygens (including phenoxy) is 1. The van der Waals surface area contributed by atoms with E-state index in [1.165, 1.54) is 5.56 Å². The predicted octanol–water partition coefficient (Wildman–Crippen LogP) is 1.45. The maximum absolute atomic E-state index is 12.2. The first-order chi connectivity index (χ1) is 15.0. The number of carbonyl (C=O) groups excluding carboxylic acids is 1. The van der Waals surface area contributed by atoms with Gasteiger partial charge in [-0.3, -0.25) is 15.1 Å². The van der Waals surface area contributed by atoms with Crippen LogP contribution >= 0.6 is 11.6 Å². The van der Waals surface area contributed by atoms with Gasteiger partial charge < -0.3 is 26.4 Å². The van der Waals surface area contributed by atoms with Gasteiger partial charge in [0.15, 0.2) is 28.4 Å². The quantitative estimate of drug-likeness (QED) is 0.180. The minimum Gasteiger partial charge on any atom is -0.488 e. The Balaban J connectivity index is 1.71. The number of unbranched alkanes of at least 4 members (excludes halogenated alkanes) is 1. The van der Waals surface area contributed by atoms with E-state index in [1.54, 1.807) is 0 Å². The molecule has 0 aliphatic carbocycles. The highest BCUT2D eigenvalue weighted by Crippen LogP contribution is 2.17. The summed E-state index contributed by atoms with van der Waals surface area (Å²) in [6.07, 6.45) is 2.66. The number of guanidine groups is 1. The van der Waals surface area contributed by atoms with Crippen molar-refractivity contribution in [3.05, 3.63) is 40.7 Å². The van der Waals surface area contributed by atoms with Crippen LogP contribution in [0.25, 0.3) is 0 Å². The summed E-state index contributed by atoms with van der Waals surface area (Å²) >= 11 is 5.78. The minimum atomic E-state index is -0.651. The Labute approximate surface area is 193 Å². The lowest BCUT2D eigenvalue weighted by molar-refractivity contribution is -0.870. The summed E-state index contributed by atoms with van der Waals surface area (Å²) in [5.74, 6) is 0.0100. The molecular weight excluding hydrogens is 432 g/mol. The van der Waals surface area contributed by atoms with Crippen molar-refractivity contribution in [2.75, 3.05) is 52.3 Å². The maximum atomic E-state index is 12.2. The van der Waals surface area contributed by atoms with Crippen LogP contribution in [0.4, 0.5) is 11.6 Å². The second-order valence-corrected chi connectivity index (χ2v) is 8.68. The zero-order valence-electron chi connectivity index (χ0n) is 18.8. The fourth-order valence-corrected chi connectivity index (χ4v) is 2.78. The van der Waals surface area contributed by atoms with E-state index in [0.717, 1.165) is 36.0 Å². The summed E-state index contributed by atoms with van der Waals surface area (Å²) in [6.45, 7) is 2.10. The molecule has 2 rings (SSSR count). The van der Waals surface area contributed by atoms with Gasteiger partial charge in [0.05, 0.1) is 21.1 Å². The summed E-state index contributed by atoms with van der Waals surface area (Å²) in [7, 11) is 6.41. The number of nitrogens with zero attached hydrogens (tertiary/aromatic N) is 4. The third-order valence-electron chi connectivity index (χ3n) is 4.47. The molecule has 0 aliphatic rings. The number of halogens is 1. The Morgan fingerprint density at radius 3 is 2.47 bits per heavy atom. The molecule has 2 aromatic rings. The molecule has 0 radical (unpaired) electrons. The van der Waals surface area contributed by atoms with Crippen molar-refractivity contribution in [1.29, 1.82) is 0 Å². The van der Waals surface area contributed by atoms with Crippen molar-refractivity contribution in [3.8, 4) is 5.75 Å². The highest BCUT2D eigenvalue weighted by molar-refractivity contribution is 6.31. The lowest BCUT2D eigenvalue weighted by atomic mass is 10.1. The second-order valence-electron chi connectivity index (χ2n) is 8.32. The summed E-state index contributed by atoms with van der Waals surface area (Å²) in [5, 5.41) is 2.31. The van der Waals surface area contributed by atoms with Crippen molar-refractivity contribution in [1.82, 2.24) is 15.3 Å². The molecule has 0 unspecified atom stereocenters. The van der Waals surface area contributed by atoms with Gasteiger partial charge in [-0.2, -0.15) is 0 Å². The Morgan fingerprint density at radius 1 is 1.12 bits per heavy atom. The summed E-state index contributed by atoms with van der Waals surface area (Å²) in [6, 6.07) is 8.13. The van der Waals surface area contributed by atoms with Crippen LogP contribution in [0.1, 0.15) is 28.9 Å². The zero-order chi connectivity index (χ0) is 23.7. The number of amides is 1. The van der Waals surface area contributed by atoms with Crippen LogP contribution in [0.3, 0.4) is 0 Å². The number of carbonyl (C=O) groups is 1. The number of quaternary nitrogens is 1. The zero-order valence-corrected chi connectivity index (χ0v) is 19.5. The van der Waals surface area contributed by atoms with E-state index < -0.39 is 5.91 Å². The molecule has 0 bridgehead atoms. The SMILES string of the molecule is C[N+](C)(C)CCOc1ccc(CCCCN=C(N)NC(=O)c2nc(Cl)c(N)nc2N)cc1. The molecule has 0 spiro atoms. The fourth-order valence-electron chi connectivity index (χ4n) is 2.65. The van der Waals surface area contributed by atoms with Gasteiger partial charge in [-0.15, -0.1) is 0 Å². The molecule has 1 aromatic carbocycles. The van der Waals surface area contributed by atoms with Crippen LogP contribution < -0.4 is 27.3 Å². The molecule has 11 heteroatoms. The molecule has 174 valence electrons. The largest absolute Gasteiger partial charge is 0.488 e. The molecule has 32 heavy (non-hydrogen) atoms. The summed E-state index contributed by atoms with van der Waals surface area (Å²) < 4.78 is 6.65. The van der Waals surface area contributed by atoms with Gasteiger partial charge in [-0.1, -0.05) is 23.7 Å². The van der Waals surface area contributed by atoms with Crippen molar-refractivity contribution in [3.63, 3.8) is 0 Å². The van der Waals surface area contributed by atoms with E-state index in [-0.39, 0.29) is 28.4 Å². The second kappa shape index (κ2) is 11.5. The third kappa shape index (κ3) is 8.56. The highest BCUT2D eigenvalue weighted by Gasteiger charge is 2.16. The van der Waals surface area contributed by atoms with Crippen LogP contribution in [0.15, 0.2) is 29.3 Å². The number of aromatic nitrogens is 2. The van der Waals surface area contributed by atoms with E-state index in [2.05, 4.69) is 53.6 Å². The number of hydrogen-bond donors (Lipinski definition) is 4. The van der Waals surface area contributed by atoms with Crippen molar-refractivity contribution in [2.24, 2.45) is 10.7 Å². The lowest BCUT2D eigenvalue weighted by Gasteiger charge is -2.23. The number of hydrogen-bond acceptors (Lipinski definition) is 7. The van der Waals surface area contributed by atoms with Crippen molar-refractivity contribution < 1.29 is 14.0 Å². The number of likely N-dealkylation sites (N-methyl/N-ethyl adjacent to an activating group) is 1. The van der Waals surface area contributed by atoms with Crippen molar-refractivity contribution >= 4 is 35.1 Å². The number of benzene rings is 1. The first kappa shape index (κ1) is 25.2. The molecule has 0 saturated carbocycles. The molecule has 1 amide bonds. The van der Waals surface area contributed by atoms with Crippen LogP contribution in [-0.4, -0.2) is 67.2 Å². The normalized spacial score (nSPS) is 11.9. The molecule has 0 fully saturated rings. The molecule has 10 nitrogen and oxygen atoms in total. The lowest BCUT2D eigenvalue weighted by Crippen LogP contribution is -2.38. The Kier molecular flexibility index (Phi) is 9.03. The van der Waals surface area contributed by atoms with E-state index in [9.17, 15) is 4.79 Å². The van der Waals surface area contributed by atoms with Gasteiger partial charge >= 0.3 is 0 Å². The number of aryl methyl sites for hydroxylation is 1. The Hall–Kier alpha value is -3.11. The molecule has 1 heterocycles. The summed E-state index contributed by atoms with van der Waals surface area (Å²) in [4.78, 5) is 23.9. The molecule has 0 atom stereocenters. The average Bonchev–Trinajstić information content (AvgIpc) is 2.70. The monoisotopic (exact) mass is 463 g/mol. The van der Waals surface area contributed by atoms with E-state index in [1.807, 2.05) is 12.1 Å². The number of rotatable bonds is 10. The fraction of sp³-hybridized carbons (Fsp3) is 0.429. The highest BCUT2D eigenvalue weighted by atomic mass is 35.5. The van der Waals surface area contributed by atoms with Gasteiger partial charge in [0, 0.05) is 6.54 Å². The Bertz CT molecular complexity index is 942. The molecule has 0 saturated heterocycles. The number of nitrogens with one attached hydrogen (secondary N) is 1. The van der Waals surface area contributed by atoms with Gasteiger partial charge in [0.2, 0.25) is 0 Å². The maximum Gasteiger partial charge on any atom is 0.280 e. The number of aliphatic imine (C=N–C) groups is 1. The van der Waals surface area contributed by atoms with Gasteiger partial charge in [-0.25, -0.2) is 9.97 Å². The number of anilines is 2. The van der Waals surface area contributed by atoms with E-state index in [4.69, 9.17) is 33.5 Å².